The molecule has 1 amide bonds. The third-order valence-electron chi connectivity index (χ3n) is 4.74. The highest BCUT2D eigenvalue weighted by atomic mass is 16.5. The molecule has 0 bridgehead atoms. The molecule has 23 heavy (non-hydrogen) atoms. The zero-order valence-corrected chi connectivity index (χ0v) is 13.2. The van der Waals surface area contributed by atoms with Crippen molar-refractivity contribution in [2.75, 3.05) is 20.8 Å². The molecule has 0 N–H and O–H groups in total. The third kappa shape index (κ3) is 2.07. The number of amides is 1. The van der Waals surface area contributed by atoms with E-state index in [4.69, 9.17) is 9.47 Å². The second-order valence-corrected chi connectivity index (χ2v) is 5.86. The highest BCUT2D eigenvalue weighted by Gasteiger charge is 2.38. The predicted octanol–water partition coefficient (Wildman–Crippen LogP) is 2.39. The number of ether oxygens (including phenoxy) is 2. The van der Waals surface area contributed by atoms with E-state index in [1.165, 1.54) is 11.1 Å². The number of fused-ring (bicyclic) bond motifs is 4. The van der Waals surface area contributed by atoms with Crippen molar-refractivity contribution in [1.29, 1.82) is 0 Å². The quantitative estimate of drug-likeness (QED) is 0.854. The molecule has 0 radical (unpaired) electrons. The van der Waals surface area contributed by atoms with E-state index < -0.39 is 0 Å². The van der Waals surface area contributed by atoms with E-state index >= 15 is 0 Å². The van der Waals surface area contributed by atoms with Crippen LogP contribution in [-0.4, -0.2) is 36.6 Å². The molecule has 3 heterocycles. The first-order valence-electron chi connectivity index (χ1n) is 7.73. The Morgan fingerprint density at radius 1 is 1.22 bits per heavy atom. The Morgan fingerprint density at radius 2 is 2.04 bits per heavy atom. The Hall–Kier alpha value is -2.56. The Morgan fingerprint density at radius 3 is 2.83 bits per heavy atom. The topological polar surface area (TPSA) is 51.7 Å². The lowest BCUT2D eigenvalue weighted by Crippen LogP contribution is -2.44. The van der Waals surface area contributed by atoms with Crippen molar-refractivity contribution in [3.8, 4) is 11.6 Å². The average molecular weight is 310 g/mol. The molecule has 4 rings (SSSR count). The fourth-order valence-electron chi connectivity index (χ4n) is 3.60. The van der Waals surface area contributed by atoms with Gasteiger partial charge in [0, 0.05) is 19.0 Å². The van der Waals surface area contributed by atoms with E-state index in [-0.39, 0.29) is 11.9 Å². The Labute approximate surface area is 134 Å². The lowest BCUT2D eigenvalue weighted by molar-refractivity contribution is 0.0627. The molecule has 118 valence electrons. The molecule has 1 aromatic heterocycles. The number of carbonyl (C=O) groups excluding carboxylic acids is 1. The summed E-state index contributed by atoms with van der Waals surface area (Å²) in [6.45, 7) is 0.744. The number of nitrogens with zero attached hydrogens (tertiary/aromatic N) is 2. The fourth-order valence-corrected chi connectivity index (χ4v) is 3.60. The van der Waals surface area contributed by atoms with Crippen LogP contribution in [0.2, 0.25) is 0 Å². The van der Waals surface area contributed by atoms with Gasteiger partial charge >= 0.3 is 0 Å². The van der Waals surface area contributed by atoms with Crippen molar-refractivity contribution in [3.05, 3.63) is 52.7 Å². The molecule has 2 aromatic rings. The van der Waals surface area contributed by atoms with Crippen LogP contribution < -0.4 is 9.47 Å². The molecule has 1 unspecified atom stereocenters. The van der Waals surface area contributed by atoms with Gasteiger partial charge in [-0.25, -0.2) is 4.98 Å². The van der Waals surface area contributed by atoms with E-state index in [0.717, 1.165) is 18.7 Å². The van der Waals surface area contributed by atoms with E-state index in [0.29, 0.717) is 23.6 Å². The normalized spacial score (nSPS) is 18.8. The Kier molecular flexibility index (Phi) is 3.22. The van der Waals surface area contributed by atoms with E-state index in [1.54, 1.807) is 20.3 Å². The summed E-state index contributed by atoms with van der Waals surface area (Å²) < 4.78 is 10.6. The van der Waals surface area contributed by atoms with Gasteiger partial charge in [0.2, 0.25) is 0 Å². The lowest BCUT2D eigenvalue weighted by atomic mass is 9.85. The van der Waals surface area contributed by atoms with Gasteiger partial charge in [0.1, 0.15) is 0 Å². The summed E-state index contributed by atoms with van der Waals surface area (Å²) in [6, 6.07) is 10.2. The van der Waals surface area contributed by atoms with Crippen LogP contribution in [-0.2, 0) is 12.8 Å². The molecule has 5 heteroatoms. The third-order valence-corrected chi connectivity index (χ3v) is 4.74. The highest BCUT2D eigenvalue weighted by molar-refractivity contribution is 5.97. The van der Waals surface area contributed by atoms with Crippen molar-refractivity contribution in [3.63, 3.8) is 0 Å². The number of hydrogen-bond donors (Lipinski definition) is 0. The van der Waals surface area contributed by atoms with Crippen LogP contribution in [0, 0.1) is 0 Å². The van der Waals surface area contributed by atoms with Crippen LogP contribution in [0.3, 0.4) is 0 Å². The summed E-state index contributed by atoms with van der Waals surface area (Å²) >= 11 is 0. The zero-order valence-electron chi connectivity index (χ0n) is 13.2. The zero-order chi connectivity index (χ0) is 16.0. The molecular weight excluding hydrogens is 292 g/mol. The summed E-state index contributed by atoms with van der Waals surface area (Å²) in [5.41, 5.74) is 3.96. The highest BCUT2D eigenvalue weighted by Crippen LogP contribution is 2.39. The van der Waals surface area contributed by atoms with Crippen LogP contribution in [0.25, 0.3) is 0 Å². The van der Waals surface area contributed by atoms with Crippen LogP contribution in [0.1, 0.15) is 33.2 Å². The number of rotatable bonds is 2. The molecule has 0 spiro atoms. The summed E-state index contributed by atoms with van der Waals surface area (Å²) in [6.07, 6.45) is 1.60. The molecule has 2 aliphatic rings. The van der Waals surface area contributed by atoms with Gasteiger partial charge in [-0.05, 0) is 17.5 Å². The van der Waals surface area contributed by atoms with Gasteiger partial charge in [-0.15, -0.1) is 0 Å². The van der Waals surface area contributed by atoms with E-state index in [2.05, 4.69) is 23.2 Å². The van der Waals surface area contributed by atoms with Gasteiger partial charge in [0.25, 0.3) is 11.8 Å². The van der Waals surface area contributed by atoms with Crippen LogP contribution in [0.5, 0.6) is 11.6 Å². The summed E-state index contributed by atoms with van der Waals surface area (Å²) in [4.78, 5) is 19.4. The number of methoxy groups -OCH3 is 2. The molecule has 1 aromatic carbocycles. The number of carbonyl (C=O) groups is 1. The molecule has 0 saturated carbocycles. The first-order valence-corrected chi connectivity index (χ1v) is 7.73. The molecule has 0 aliphatic carbocycles. The van der Waals surface area contributed by atoms with E-state index in [9.17, 15) is 4.79 Å². The summed E-state index contributed by atoms with van der Waals surface area (Å²) in [5, 5.41) is 0. The number of hydrogen-bond acceptors (Lipinski definition) is 4. The van der Waals surface area contributed by atoms with Gasteiger partial charge in [0.15, 0.2) is 5.75 Å². The predicted molar refractivity (Wildman–Crippen MR) is 85.0 cm³/mol. The van der Waals surface area contributed by atoms with Crippen molar-refractivity contribution in [1.82, 2.24) is 9.88 Å². The first-order chi connectivity index (χ1) is 11.2. The van der Waals surface area contributed by atoms with Crippen LogP contribution in [0.15, 0.2) is 30.3 Å². The van der Waals surface area contributed by atoms with Crippen molar-refractivity contribution >= 4 is 5.91 Å². The first kappa shape index (κ1) is 14.1. The molecule has 0 saturated heterocycles. The maximum atomic E-state index is 12.9. The number of benzene rings is 1. The van der Waals surface area contributed by atoms with Crippen LogP contribution >= 0.6 is 0 Å². The minimum atomic E-state index is 0.0270. The summed E-state index contributed by atoms with van der Waals surface area (Å²) in [5.74, 6) is 0.950. The maximum Gasteiger partial charge on any atom is 0.257 e. The minimum Gasteiger partial charge on any atom is -0.491 e. The number of aromatic nitrogens is 1. The molecule has 0 fully saturated rings. The molecule has 2 aliphatic heterocycles. The molecule has 5 nitrogen and oxygen atoms in total. The number of pyridine rings is 1. The Balaban J connectivity index is 1.83. The minimum absolute atomic E-state index is 0.0270. The average Bonchev–Trinajstić information content (AvgIpc) is 2.60. The lowest BCUT2D eigenvalue weighted by Gasteiger charge is -2.40. The van der Waals surface area contributed by atoms with Crippen molar-refractivity contribution in [2.24, 2.45) is 0 Å². The van der Waals surface area contributed by atoms with Crippen molar-refractivity contribution < 1.29 is 14.3 Å². The smallest absolute Gasteiger partial charge is 0.257 e. The largest absolute Gasteiger partial charge is 0.491 e. The van der Waals surface area contributed by atoms with E-state index in [1.807, 2.05) is 11.0 Å². The van der Waals surface area contributed by atoms with Gasteiger partial charge in [-0.2, -0.15) is 0 Å². The fraction of sp³-hybridized carbons (Fsp3) is 0.333. The van der Waals surface area contributed by atoms with Gasteiger partial charge in [0.05, 0.1) is 31.5 Å². The SMILES string of the molecule is COc1cc2c(nc1OC)CC1c3ccccc3CCN1C2=O. The standard InChI is InChI=1S/C18H18N2O3/c1-22-16-9-13-14(19-17(16)23-2)10-15-12-6-4-3-5-11(12)7-8-20(15)18(13)21/h3-6,9,15H,7-8,10H2,1-2H3. The van der Waals surface area contributed by atoms with Gasteiger partial charge < -0.3 is 14.4 Å². The van der Waals surface area contributed by atoms with Crippen molar-refractivity contribution in [2.45, 2.75) is 18.9 Å². The Bertz CT molecular complexity index is 788. The molecule has 1 atom stereocenters. The van der Waals surface area contributed by atoms with Crippen LogP contribution in [0.4, 0.5) is 0 Å². The van der Waals surface area contributed by atoms with Gasteiger partial charge in [-0.1, -0.05) is 24.3 Å². The maximum absolute atomic E-state index is 12.9. The van der Waals surface area contributed by atoms with Gasteiger partial charge in [-0.3, -0.25) is 4.79 Å². The second-order valence-electron chi connectivity index (χ2n) is 5.86. The monoisotopic (exact) mass is 310 g/mol. The molecular formula is C18H18N2O3. The summed E-state index contributed by atoms with van der Waals surface area (Å²) in [7, 11) is 3.11. The second kappa shape index (κ2) is 5.26.